The Kier molecular flexibility index (Phi) is 4.06. The predicted octanol–water partition coefficient (Wildman–Crippen LogP) is 3.38. The van der Waals surface area contributed by atoms with E-state index in [1.165, 1.54) is 17.8 Å². The summed E-state index contributed by atoms with van der Waals surface area (Å²) >= 11 is 1.33. The summed E-state index contributed by atoms with van der Waals surface area (Å²) in [5, 5.41) is 11.4. The summed E-state index contributed by atoms with van der Waals surface area (Å²) in [7, 11) is 0. The van der Waals surface area contributed by atoms with E-state index in [0.29, 0.717) is 10.5 Å². The second-order valence-corrected chi connectivity index (χ2v) is 5.16. The first-order valence-electron chi connectivity index (χ1n) is 5.62. The van der Waals surface area contributed by atoms with E-state index >= 15 is 0 Å². The average Bonchev–Trinajstić information content (AvgIpc) is 2.42. The molecule has 0 aromatic heterocycles. The van der Waals surface area contributed by atoms with Crippen LogP contribution < -0.4 is 5.73 Å². The van der Waals surface area contributed by atoms with Gasteiger partial charge < -0.3 is 10.9 Å². The van der Waals surface area contributed by atoms with Gasteiger partial charge in [0.1, 0.15) is 5.82 Å². The highest BCUT2D eigenvalue weighted by Gasteiger charge is 2.07. The normalized spacial score (nSPS) is 11.6. The number of hydrogen-bond donors (Lipinski definition) is 2. The number of benzene rings is 2. The lowest BCUT2D eigenvalue weighted by molar-refractivity contribution is 0.318. The highest BCUT2D eigenvalue weighted by Crippen LogP contribution is 2.30. The first kappa shape index (κ1) is 13.4. The quantitative estimate of drug-likeness (QED) is 0.391. The summed E-state index contributed by atoms with van der Waals surface area (Å²) < 4.78 is 13.9. The maximum absolute atomic E-state index is 13.9. The molecule has 2 aromatic rings. The molecule has 0 spiro atoms. The number of oxime groups is 1. The minimum atomic E-state index is -0.394. The third-order valence-corrected chi connectivity index (χ3v) is 3.64. The van der Waals surface area contributed by atoms with E-state index < -0.39 is 5.82 Å². The maximum Gasteiger partial charge on any atom is 0.170 e. The van der Waals surface area contributed by atoms with Crippen LogP contribution in [0.5, 0.6) is 0 Å². The van der Waals surface area contributed by atoms with Crippen molar-refractivity contribution in [2.24, 2.45) is 10.9 Å². The monoisotopic (exact) mass is 276 g/mol. The number of aryl methyl sites for hydroxylation is 1. The molecule has 3 nitrogen and oxygen atoms in total. The van der Waals surface area contributed by atoms with Gasteiger partial charge in [0.15, 0.2) is 5.84 Å². The molecule has 0 unspecified atom stereocenters. The maximum atomic E-state index is 13.9. The van der Waals surface area contributed by atoms with Gasteiger partial charge in [-0.15, -0.1) is 0 Å². The summed E-state index contributed by atoms with van der Waals surface area (Å²) in [4.78, 5) is 1.46. The Hall–Kier alpha value is -2.01. The van der Waals surface area contributed by atoms with Crippen LogP contribution in [-0.2, 0) is 0 Å². The first-order chi connectivity index (χ1) is 9.10. The molecule has 0 saturated heterocycles. The Morgan fingerprint density at radius 1 is 1.21 bits per heavy atom. The van der Waals surface area contributed by atoms with E-state index in [0.717, 1.165) is 10.5 Å². The van der Waals surface area contributed by atoms with Crippen LogP contribution >= 0.6 is 11.8 Å². The van der Waals surface area contributed by atoms with Gasteiger partial charge >= 0.3 is 0 Å². The Balaban J connectivity index is 2.24. The summed E-state index contributed by atoms with van der Waals surface area (Å²) in [5.41, 5.74) is 6.92. The van der Waals surface area contributed by atoms with Crippen molar-refractivity contribution >= 4 is 17.6 Å². The minimum absolute atomic E-state index is 0.106. The molecule has 0 heterocycles. The van der Waals surface area contributed by atoms with Crippen LogP contribution in [0.25, 0.3) is 0 Å². The van der Waals surface area contributed by atoms with Gasteiger partial charge in [-0.05, 0) is 37.3 Å². The highest BCUT2D eigenvalue weighted by molar-refractivity contribution is 7.99. The molecule has 0 bridgehead atoms. The van der Waals surface area contributed by atoms with Crippen LogP contribution in [0, 0.1) is 12.7 Å². The zero-order valence-electron chi connectivity index (χ0n) is 10.3. The molecular formula is C14H13FN2OS. The summed E-state index contributed by atoms with van der Waals surface area (Å²) in [5.74, 6) is -0.500. The van der Waals surface area contributed by atoms with Gasteiger partial charge in [0.2, 0.25) is 0 Å². The summed E-state index contributed by atoms with van der Waals surface area (Å²) in [6.45, 7) is 2.00. The number of amidine groups is 1. The lowest BCUT2D eigenvalue weighted by Crippen LogP contribution is -2.13. The van der Waals surface area contributed by atoms with Crippen LogP contribution in [0.3, 0.4) is 0 Å². The zero-order chi connectivity index (χ0) is 13.8. The van der Waals surface area contributed by atoms with E-state index in [2.05, 4.69) is 5.16 Å². The molecule has 5 heteroatoms. The standard InChI is InChI=1S/C14H13FN2OS/c1-9-2-5-11(6-3-9)19-13-7-4-10(8-12(13)15)14(16)17-18/h2-8,18H,1H3,(H2,16,17). The van der Waals surface area contributed by atoms with Gasteiger partial charge in [-0.1, -0.05) is 34.6 Å². The fraction of sp³-hybridized carbons (Fsp3) is 0.0714. The Labute approximate surface area is 114 Å². The molecule has 0 aliphatic carbocycles. The molecule has 3 N–H and O–H groups in total. The molecular weight excluding hydrogens is 263 g/mol. The third-order valence-electron chi connectivity index (χ3n) is 2.58. The van der Waals surface area contributed by atoms with Crippen LogP contribution in [0.15, 0.2) is 57.4 Å². The van der Waals surface area contributed by atoms with Crippen LogP contribution in [0.2, 0.25) is 0 Å². The van der Waals surface area contributed by atoms with E-state index in [9.17, 15) is 4.39 Å². The number of rotatable bonds is 3. The largest absolute Gasteiger partial charge is 0.409 e. The number of halogens is 1. The summed E-state index contributed by atoms with van der Waals surface area (Å²) in [6, 6.07) is 12.3. The average molecular weight is 276 g/mol. The molecule has 0 fully saturated rings. The summed E-state index contributed by atoms with van der Waals surface area (Å²) in [6.07, 6.45) is 0. The highest BCUT2D eigenvalue weighted by atomic mass is 32.2. The minimum Gasteiger partial charge on any atom is -0.409 e. The van der Waals surface area contributed by atoms with Gasteiger partial charge in [-0.2, -0.15) is 0 Å². The zero-order valence-corrected chi connectivity index (χ0v) is 11.1. The fourth-order valence-electron chi connectivity index (χ4n) is 1.53. The van der Waals surface area contributed by atoms with Crippen molar-refractivity contribution in [1.82, 2.24) is 0 Å². The van der Waals surface area contributed by atoms with Gasteiger partial charge in [-0.3, -0.25) is 0 Å². The lowest BCUT2D eigenvalue weighted by Gasteiger charge is -2.05. The van der Waals surface area contributed by atoms with E-state index in [1.807, 2.05) is 31.2 Å². The molecule has 0 amide bonds. The van der Waals surface area contributed by atoms with E-state index in [1.54, 1.807) is 12.1 Å². The molecule has 0 saturated carbocycles. The van der Waals surface area contributed by atoms with Crippen molar-refractivity contribution in [1.29, 1.82) is 0 Å². The topological polar surface area (TPSA) is 58.6 Å². The molecule has 98 valence electrons. The van der Waals surface area contributed by atoms with Crippen LogP contribution in [-0.4, -0.2) is 11.0 Å². The predicted molar refractivity (Wildman–Crippen MR) is 74.2 cm³/mol. The molecule has 19 heavy (non-hydrogen) atoms. The molecule has 0 radical (unpaired) electrons. The van der Waals surface area contributed by atoms with E-state index in [-0.39, 0.29) is 5.84 Å². The van der Waals surface area contributed by atoms with Crippen molar-refractivity contribution in [2.45, 2.75) is 16.7 Å². The molecule has 0 atom stereocenters. The SMILES string of the molecule is Cc1ccc(Sc2ccc(/C(N)=N/O)cc2F)cc1. The second kappa shape index (κ2) is 5.75. The van der Waals surface area contributed by atoms with Gasteiger partial charge in [0.25, 0.3) is 0 Å². The number of hydrogen-bond acceptors (Lipinski definition) is 3. The van der Waals surface area contributed by atoms with Crippen molar-refractivity contribution in [3.63, 3.8) is 0 Å². The third kappa shape index (κ3) is 3.26. The van der Waals surface area contributed by atoms with Crippen molar-refractivity contribution in [2.75, 3.05) is 0 Å². The molecule has 2 aromatic carbocycles. The van der Waals surface area contributed by atoms with Gasteiger partial charge in [-0.25, -0.2) is 4.39 Å². The number of nitrogens with two attached hydrogens (primary N) is 1. The van der Waals surface area contributed by atoms with Crippen molar-refractivity contribution < 1.29 is 9.60 Å². The van der Waals surface area contributed by atoms with Gasteiger partial charge in [0, 0.05) is 15.4 Å². The fourth-order valence-corrected chi connectivity index (χ4v) is 2.35. The van der Waals surface area contributed by atoms with Crippen LogP contribution in [0.4, 0.5) is 4.39 Å². The van der Waals surface area contributed by atoms with Crippen LogP contribution in [0.1, 0.15) is 11.1 Å². The van der Waals surface area contributed by atoms with E-state index in [4.69, 9.17) is 10.9 Å². The Morgan fingerprint density at radius 3 is 2.47 bits per heavy atom. The second-order valence-electron chi connectivity index (χ2n) is 4.05. The lowest BCUT2D eigenvalue weighted by atomic mass is 10.2. The van der Waals surface area contributed by atoms with Gasteiger partial charge in [0.05, 0.1) is 0 Å². The Morgan fingerprint density at radius 2 is 1.89 bits per heavy atom. The van der Waals surface area contributed by atoms with Crippen molar-refractivity contribution in [3.05, 3.63) is 59.4 Å². The first-order valence-corrected chi connectivity index (χ1v) is 6.44. The Bertz CT molecular complexity index is 611. The number of nitrogens with zero attached hydrogens (tertiary/aromatic N) is 1. The molecule has 0 aliphatic rings. The van der Waals surface area contributed by atoms with Crippen molar-refractivity contribution in [3.8, 4) is 0 Å². The smallest absolute Gasteiger partial charge is 0.170 e. The molecule has 0 aliphatic heterocycles. The molecule has 2 rings (SSSR count).